The van der Waals surface area contributed by atoms with Gasteiger partial charge in [-0.2, -0.15) is 0 Å². The van der Waals surface area contributed by atoms with E-state index in [0.29, 0.717) is 0 Å². The van der Waals surface area contributed by atoms with Gasteiger partial charge >= 0.3 is 5.97 Å². The van der Waals surface area contributed by atoms with Crippen LogP contribution in [-0.4, -0.2) is 49.6 Å². The van der Waals surface area contributed by atoms with Crippen LogP contribution < -0.4 is 10.6 Å². The summed E-state index contributed by atoms with van der Waals surface area (Å²) in [4.78, 5) is 35.2. The van der Waals surface area contributed by atoms with E-state index in [2.05, 4.69) is 10.6 Å². The number of benzene rings is 1. The number of amides is 2. The van der Waals surface area contributed by atoms with Crippen LogP contribution in [0.5, 0.6) is 0 Å². The molecule has 0 fully saturated rings. The maximum Gasteiger partial charge on any atom is 0.326 e. The van der Waals surface area contributed by atoms with Gasteiger partial charge in [-0.1, -0.05) is 32.9 Å². The Morgan fingerprint density at radius 1 is 1.15 bits per heavy atom. The average molecular weight is 384 g/mol. The summed E-state index contributed by atoms with van der Waals surface area (Å²) in [5.41, 5.74) is -0.0564. The molecule has 2 amide bonds. The van der Waals surface area contributed by atoms with Gasteiger partial charge in [0.1, 0.15) is 6.04 Å². The molecule has 0 saturated carbocycles. The second kappa shape index (κ2) is 9.33. The molecule has 1 rings (SSSR count). The number of hydrogen-bond donors (Lipinski definition) is 3. The zero-order valence-electron chi connectivity index (χ0n) is 15.0. The summed E-state index contributed by atoms with van der Waals surface area (Å²) in [7, 11) is -3.60. The first-order valence-electron chi connectivity index (χ1n) is 8.20. The first kappa shape index (κ1) is 21.6. The molecule has 3 N–H and O–H groups in total. The van der Waals surface area contributed by atoms with E-state index in [9.17, 15) is 22.8 Å². The number of rotatable bonds is 9. The minimum absolute atomic E-state index is 0.0564. The Kier molecular flexibility index (Phi) is 7.76. The van der Waals surface area contributed by atoms with Gasteiger partial charge in [0.15, 0.2) is 9.84 Å². The molecule has 0 aliphatic rings. The SMILES string of the molecule is CCS(=O)(=O)c1ccccc1C(=O)NCC(=O)N[C@@H](CC(C)C)C(=O)O. The Bertz CT molecular complexity index is 773. The number of sulfone groups is 1. The zero-order valence-corrected chi connectivity index (χ0v) is 15.8. The minimum atomic E-state index is -3.60. The highest BCUT2D eigenvalue weighted by Crippen LogP contribution is 2.16. The summed E-state index contributed by atoms with van der Waals surface area (Å²) in [6.45, 7) is 4.67. The molecule has 0 bridgehead atoms. The maximum atomic E-state index is 12.3. The summed E-state index contributed by atoms with van der Waals surface area (Å²) < 4.78 is 24.1. The lowest BCUT2D eigenvalue weighted by Gasteiger charge is -2.16. The fraction of sp³-hybridized carbons (Fsp3) is 0.471. The molecule has 0 radical (unpaired) electrons. The Hall–Kier alpha value is -2.42. The predicted molar refractivity (Wildman–Crippen MR) is 95.5 cm³/mol. The van der Waals surface area contributed by atoms with Crippen molar-refractivity contribution in [1.29, 1.82) is 0 Å². The van der Waals surface area contributed by atoms with Crippen LogP contribution in [0.25, 0.3) is 0 Å². The van der Waals surface area contributed by atoms with Gasteiger partial charge in [-0.25, -0.2) is 13.2 Å². The van der Waals surface area contributed by atoms with E-state index in [1.165, 1.54) is 31.2 Å². The maximum absolute atomic E-state index is 12.3. The lowest BCUT2D eigenvalue weighted by atomic mass is 10.0. The highest BCUT2D eigenvalue weighted by Gasteiger charge is 2.23. The summed E-state index contributed by atoms with van der Waals surface area (Å²) in [6, 6.07) is 4.67. The monoisotopic (exact) mass is 384 g/mol. The van der Waals surface area contributed by atoms with Gasteiger partial charge in [0.2, 0.25) is 5.91 Å². The number of carboxylic acid groups (broad SMARTS) is 1. The smallest absolute Gasteiger partial charge is 0.326 e. The molecule has 1 aromatic carbocycles. The van der Waals surface area contributed by atoms with Gasteiger partial charge in [-0.3, -0.25) is 9.59 Å². The van der Waals surface area contributed by atoms with Crippen molar-refractivity contribution in [1.82, 2.24) is 10.6 Å². The van der Waals surface area contributed by atoms with E-state index in [4.69, 9.17) is 5.11 Å². The fourth-order valence-electron chi connectivity index (χ4n) is 2.27. The molecule has 0 unspecified atom stereocenters. The molecule has 0 aliphatic heterocycles. The third-order valence-corrected chi connectivity index (χ3v) is 5.38. The number of carbonyl (C=O) groups excluding carboxylic acids is 2. The van der Waals surface area contributed by atoms with Crippen molar-refractivity contribution in [2.75, 3.05) is 12.3 Å². The highest BCUT2D eigenvalue weighted by atomic mass is 32.2. The Morgan fingerprint density at radius 2 is 1.77 bits per heavy atom. The summed E-state index contributed by atoms with van der Waals surface area (Å²) in [5, 5.41) is 13.8. The van der Waals surface area contributed by atoms with Gasteiger partial charge in [0.05, 0.1) is 22.8 Å². The van der Waals surface area contributed by atoms with Crippen molar-refractivity contribution in [3.05, 3.63) is 29.8 Å². The topological polar surface area (TPSA) is 130 Å². The van der Waals surface area contributed by atoms with Crippen molar-refractivity contribution in [3.63, 3.8) is 0 Å². The molecule has 9 heteroatoms. The molecule has 144 valence electrons. The molecule has 0 aliphatic carbocycles. The van der Waals surface area contributed by atoms with Crippen LogP contribution in [0.4, 0.5) is 0 Å². The van der Waals surface area contributed by atoms with Crippen LogP contribution in [0, 0.1) is 5.92 Å². The number of carboxylic acids is 1. The molecular weight excluding hydrogens is 360 g/mol. The molecule has 0 saturated heterocycles. The van der Waals surface area contributed by atoms with E-state index < -0.39 is 40.2 Å². The number of nitrogens with one attached hydrogen (secondary N) is 2. The first-order chi connectivity index (χ1) is 12.1. The van der Waals surface area contributed by atoms with E-state index in [1.807, 2.05) is 13.8 Å². The molecule has 0 aromatic heterocycles. The van der Waals surface area contributed by atoms with Crippen molar-refractivity contribution in [2.45, 2.75) is 38.1 Å². The summed E-state index contributed by atoms with van der Waals surface area (Å²) >= 11 is 0. The van der Waals surface area contributed by atoms with Gasteiger partial charge < -0.3 is 15.7 Å². The van der Waals surface area contributed by atoms with E-state index in [0.717, 1.165) is 0 Å². The largest absolute Gasteiger partial charge is 0.480 e. The number of hydrogen-bond acceptors (Lipinski definition) is 5. The minimum Gasteiger partial charge on any atom is -0.480 e. The van der Waals surface area contributed by atoms with Crippen molar-refractivity contribution in [2.24, 2.45) is 5.92 Å². The van der Waals surface area contributed by atoms with E-state index in [-0.39, 0.29) is 28.6 Å². The van der Waals surface area contributed by atoms with Gasteiger partial charge in [-0.05, 0) is 24.5 Å². The molecule has 26 heavy (non-hydrogen) atoms. The first-order valence-corrected chi connectivity index (χ1v) is 9.85. The van der Waals surface area contributed by atoms with Crippen LogP contribution >= 0.6 is 0 Å². The highest BCUT2D eigenvalue weighted by molar-refractivity contribution is 7.91. The fourth-order valence-corrected chi connectivity index (χ4v) is 3.37. The number of carbonyl (C=O) groups is 3. The lowest BCUT2D eigenvalue weighted by Crippen LogP contribution is -2.46. The van der Waals surface area contributed by atoms with Crippen LogP contribution in [0.2, 0.25) is 0 Å². The molecular formula is C17H24N2O6S. The van der Waals surface area contributed by atoms with Crippen LogP contribution in [0.1, 0.15) is 37.6 Å². The molecule has 8 nitrogen and oxygen atoms in total. The second-order valence-corrected chi connectivity index (χ2v) is 8.42. The third kappa shape index (κ3) is 6.14. The number of aliphatic carboxylic acids is 1. The summed E-state index contributed by atoms with van der Waals surface area (Å²) in [6.07, 6.45) is 0.257. The van der Waals surface area contributed by atoms with Crippen LogP contribution in [0.3, 0.4) is 0 Å². The zero-order chi connectivity index (χ0) is 19.9. The normalized spacial score (nSPS) is 12.5. The Morgan fingerprint density at radius 3 is 2.31 bits per heavy atom. The molecule has 1 atom stereocenters. The van der Waals surface area contributed by atoms with Gasteiger partial charge in [0.25, 0.3) is 5.91 Å². The molecule has 0 spiro atoms. The molecule has 1 aromatic rings. The standard InChI is InChI=1S/C17H24N2O6S/c1-4-26(24,25)14-8-6-5-7-12(14)16(21)18-10-15(20)19-13(17(22)23)9-11(2)3/h5-8,11,13H,4,9-10H2,1-3H3,(H,18,21)(H,19,20)(H,22,23)/t13-/m0/s1. The molecule has 0 heterocycles. The summed E-state index contributed by atoms with van der Waals surface area (Å²) in [5.74, 6) is -2.63. The van der Waals surface area contributed by atoms with Crippen LogP contribution in [0.15, 0.2) is 29.2 Å². The third-order valence-electron chi connectivity index (χ3n) is 3.60. The van der Waals surface area contributed by atoms with E-state index in [1.54, 1.807) is 0 Å². The van der Waals surface area contributed by atoms with Gasteiger partial charge in [0, 0.05) is 0 Å². The Labute approximate surface area is 152 Å². The van der Waals surface area contributed by atoms with Gasteiger partial charge in [-0.15, -0.1) is 0 Å². The quantitative estimate of drug-likeness (QED) is 0.578. The lowest BCUT2D eigenvalue weighted by molar-refractivity contribution is -0.142. The van der Waals surface area contributed by atoms with Crippen molar-refractivity contribution < 1.29 is 27.9 Å². The average Bonchev–Trinajstić information content (AvgIpc) is 2.58. The Balaban J connectivity index is 2.79. The predicted octanol–water partition coefficient (Wildman–Crippen LogP) is 0.826. The van der Waals surface area contributed by atoms with Crippen LogP contribution in [-0.2, 0) is 19.4 Å². The van der Waals surface area contributed by atoms with E-state index >= 15 is 0 Å². The van der Waals surface area contributed by atoms with Crippen molar-refractivity contribution >= 4 is 27.6 Å². The second-order valence-electron chi connectivity index (χ2n) is 6.17. The van der Waals surface area contributed by atoms with Crippen molar-refractivity contribution in [3.8, 4) is 0 Å².